The summed E-state index contributed by atoms with van der Waals surface area (Å²) in [5.41, 5.74) is 0. The Morgan fingerprint density at radius 1 is 0.889 bits per heavy atom. The van der Waals surface area contributed by atoms with Gasteiger partial charge in [-0.2, -0.15) is 0 Å². The van der Waals surface area contributed by atoms with Gasteiger partial charge in [-0.1, -0.05) is 48.5 Å². The molecule has 1 aromatic carbocycles. The van der Waals surface area contributed by atoms with Crippen molar-refractivity contribution in [1.82, 2.24) is 16.0 Å². The Morgan fingerprint density at radius 3 is 2.26 bits per heavy atom. The Balaban J connectivity index is 2.03. The molecule has 3 amide bonds. The smallest absolute Gasteiger partial charge is 0.410 e. The summed E-state index contributed by atoms with van der Waals surface area (Å²) in [6.45, 7) is 2.57. The fourth-order valence-electron chi connectivity index (χ4n) is 2.23. The highest BCUT2D eigenvalue weighted by molar-refractivity contribution is 9.10. The van der Waals surface area contributed by atoms with Gasteiger partial charge in [0.15, 0.2) is 0 Å². The molecular formula is C19H28BrN3O4. The Bertz CT molecular complexity index is 593. The molecule has 0 atom stereocenters. The molecule has 0 aliphatic carbocycles. The van der Waals surface area contributed by atoms with E-state index >= 15 is 0 Å². The van der Waals surface area contributed by atoms with E-state index in [-0.39, 0.29) is 31.4 Å². The minimum atomic E-state index is -0.594. The number of amides is 3. The quantitative estimate of drug-likeness (QED) is 0.434. The molecule has 0 heterocycles. The van der Waals surface area contributed by atoms with Crippen LogP contribution in [0, 0.1) is 0 Å². The summed E-state index contributed by atoms with van der Waals surface area (Å²) in [5, 5.41) is 7.75. The van der Waals surface area contributed by atoms with E-state index in [1.54, 1.807) is 24.3 Å². The molecule has 0 saturated heterocycles. The molecule has 7 nitrogen and oxygen atoms in total. The van der Waals surface area contributed by atoms with Gasteiger partial charge in [-0.3, -0.25) is 9.59 Å². The molecule has 1 aromatic rings. The van der Waals surface area contributed by atoms with Gasteiger partial charge in [-0.05, 0) is 30.7 Å². The van der Waals surface area contributed by atoms with E-state index in [9.17, 15) is 14.4 Å². The van der Waals surface area contributed by atoms with Gasteiger partial charge in [0.2, 0.25) is 11.8 Å². The summed E-state index contributed by atoms with van der Waals surface area (Å²) in [7, 11) is 0. The lowest BCUT2D eigenvalue weighted by Crippen LogP contribution is -2.40. The van der Waals surface area contributed by atoms with Crippen LogP contribution in [0.15, 0.2) is 28.7 Å². The molecule has 1 rings (SSSR count). The second-order valence-electron chi connectivity index (χ2n) is 6.06. The van der Waals surface area contributed by atoms with E-state index in [2.05, 4.69) is 38.8 Å². The van der Waals surface area contributed by atoms with Gasteiger partial charge < -0.3 is 20.7 Å². The zero-order valence-corrected chi connectivity index (χ0v) is 17.3. The zero-order valence-electron chi connectivity index (χ0n) is 15.7. The third-order valence-corrected chi connectivity index (χ3v) is 4.22. The van der Waals surface area contributed by atoms with Crippen molar-refractivity contribution in [3.8, 4) is 5.75 Å². The molecule has 0 bridgehead atoms. The van der Waals surface area contributed by atoms with E-state index in [1.165, 1.54) is 12.8 Å². The standard InChI is InChI=1S/C19H28BrN3O4/c1-2-3-4-5-6-7-17(24)23-14-18(25)21-12-13-22-19(26)27-16-10-8-15(20)9-11-16/h8-11H,2-7,12-14H2,1H3,(H,21,25)(H,22,26)(H,23,24). The molecule has 3 N–H and O–H groups in total. The molecule has 0 aromatic heterocycles. The highest BCUT2D eigenvalue weighted by Crippen LogP contribution is 2.15. The van der Waals surface area contributed by atoms with Crippen molar-refractivity contribution in [3.63, 3.8) is 0 Å². The van der Waals surface area contributed by atoms with Crippen LogP contribution in [0.3, 0.4) is 0 Å². The van der Waals surface area contributed by atoms with Crippen LogP contribution in [0.1, 0.15) is 45.4 Å². The van der Waals surface area contributed by atoms with Crippen LogP contribution in [0.5, 0.6) is 5.75 Å². The molecule has 0 radical (unpaired) electrons. The molecular weight excluding hydrogens is 414 g/mol. The van der Waals surface area contributed by atoms with E-state index < -0.39 is 6.09 Å². The Hall–Kier alpha value is -2.09. The second-order valence-corrected chi connectivity index (χ2v) is 6.98. The monoisotopic (exact) mass is 441 g/mol. The number of carbonyl (C=O) groups excluding carboxylic acids is 3. The molecule has 0 aliphatic heterocycles. The third kappa shape index (κ3) is 12.0. The van der Waals surface area contributed by atoms with Crippen LogP contribution in [0.25, 0.3) is 0 Å². The normalized spacial score (nSPS) is 10.1. The Morgan fingerprint density at radius 2 is 1.56 bits per heavy atom. The van der Waals surface area contributed by atoms with Crippen LogP contribution < -0.4 is 20.7 Å². The van der Waals surface area contributed by atoms with Crippen molar-refractivity contribution in [1.29, 1.82) is 0 Å². The van der Waals surface area contributed by atoms with Crippen molar-refractivity contribution in [3.05, 3.63) is 28.7 Å². The fraction of sp³-hybridized carbons (Fsp3) is 0.526. The van der Waals surface area contributed by atoms with Crippen molar-refractivity contribution in [2.24, 2.45) is 0 Å². The van der Waals surface area contributed by atoms with Gasteiger partial charge in [-0.25, -0.2) is 4.79 Å². The highest BCUT2D eigenvalue weighted by Gasteiger charge is 2.06. The first kappa shape index (κ1) is 23.0. The maximum absolute atomic E-state index is 11.7. The minimum absolute atomic E-state index is 0.0584. The summed E-state index contributed by atoms with van der Waals surface area (Å²) < 4.78 is 5.97. The topological polar surface area (TPSA) is 96.5 Å². The van der Waals surface area contributed by atoms with Crippen molar-refractivity contribution in [2.45, 2.75) is 45.4 Å². The lowest BCUT2D eigenvalue weighted by molar-refractivity contribution is -0.126. The molecule has 0 fully saturated rings. The van der Waals surface area contributed by atoms with Gasteiger partial charge in [0.25, 0.3) is 0 Å². The summed E-state index contributed by atoms with van der Waals surface area (Å²) in [6.07, 6.45) is 5.23. The molecule has 150 valence electrons. The number of ether oxygens (including phenoxy) is 1. The summed E-state index contributed by atoms with van der Waals surface area (Å²) in [6, 6.07) is 6.86. The number of hydrogen-bond donors (Lipinski definition) is 3. The summed E-state index contributed by atoms with van der Waals surface area (Å²) >= 11 is 3.30. The predicted molar refractivity (Wildman–Crippen MR) is 108 cm³/mol. The van der Waals surface area contributed by atoms with Gasteiger partial charge in [0, 0.05) is 24.0 Å². The van der Waals surface area contributed by atoms with Crippen molar-refractivity contribution >= 4 is 33.8 Å². The number of rotatable bonds is 12. The van der Waals surface area contributed by atoms with Crippen molar-refractivity contribution in [2.75, 3.05) is 19.6 Å². The number of nitrogens with one attached hydrogen (secondary N) is 3. The van der Waals surface area contributed by atoms with Gasteiger partial charge in [0.1, 0.15) is 5.75 Å². The van der Waals surface area contributed by atoms with Crippen molar-refractivity contribution < 1.29 is 19.1 Å². The van der Waals surface area contributed by atoms with Gasteiger partial charge in [-0.15, -0.1) is 0 Å². The highest BCUT2D eigenvalue weighted by atomic mass is 79.9. The number of carbonyl (C=O) groups is 3. The first-order chi connectivity index (χ1) is 13.0. The van der Waals surface area contributed by atoms with Crippen LogP contribution in [-0.4, -0.2) is 37.5 Å². The van der Waals surface area contributed by atoms with E-state index in [1.807, 2.05) is 0 Å². The Labute approximate surface area is 168 Å². The molecule has 0 spiro atoms. The van der Waals surface area contributed by atoms with Crippen LogP contribution >= 0.6 is 15.9 Å². The van der Waals surface area contributed by atoms with E-state index in [4.69, 9.17) is 4.74 Å². The summed E-state index contributed by atoms with van der Waals surface area (Å²) in [5.74, 6) is 0.0207. The maximum Gasteiger partial charge on any atom is 0.412 e. The summed E-state index contributed by atoms with van der Waals surface area (Å²) in [4.78, 5) is 34.9. The average Bonchev–Trinajstić information content (AvgIpc) is 2.65. The van der Waals surface area contributed by atoms with Crippen LogP contribution in [0.2, 0.25) is 0 Å². The molecule has 0 saturated carbocycles. The SMILES string of the molecule is CCCCCCCC(=O)NCC(=O)NCCNC(=O)Oc1ccc(Br)cc1. The fourth-order valence-corrected chi connectivity index (χ4v) is 2.50. The first-order valence-corrected chi connectivity index (χ1v) is 10.0. The molecule has 8 heteroatoms. The lowest BCUT2D eigenvalue weighted by atomic mass is 10.1. The molecule has 0 unspecified atom stereocenters. The number of hydrogen-bond acceptors (Lipinski definition) is 4. The average molecular weight is 442 g/mol. The zero-order chi connectivity index (χ0) is 19.9. The minimum Gasteiger partial charge on any atom is -0.410 e. The molecule has 0 aliphatic rings. The number of unbranched alkanes of at least 4 members (excludes halogenated alkanes) is 4. The van der Waals surface area contributed by atoms with Crippen LogP contribution in [-0.2, 0) is 9.59 Å². The first-order valence-electron chi connectivity index (χ1n) is 9.26. The Kier molecular flexibility index (Phi) is 11.9. The maximum atomic E-state index is 11.7. The largest absolute Gasteiger partial charge is 0.412 e. The van der Waals surface area contributed by atoms with E-state index in [0.29, 0.717) is 12.2 Å². The third-order valence-electron chi connectivity index (χ3n) is 3.69. The molecule has 27 heavy (non-hydrogen) atoms. The lowest BCUT2D eigenvalue weighted by Gasteiger charge is -2.09. The second kappa shape index (κ2) is 14.0. The van der Waals surface area contributed by atoms with E-state index in [0.717, 1.165) is 23.7 Å². The number of benzene rings is 1. The van der Waals surface area contributed by atoms with Gasteiger partial charge in [0.05, 0.1) is 6.54 Å². The van der Waals surface area contributed by atoms with Gasteiger partial charge >= 0.3 is 6.09 Å². The predicted octanol–water partition coefficient (Wildman–Crippen LogP) is 3.13. The van der Waals surface area contributed by atoms with Crippen LogP contribution in [0.4, 0.5) is 4.79 Å². The number of halogens is 1.